The molecule has 3 heteroatoms. The fourth-order valence-corrected chi connectivity index (χ4v) is 1.28. The highest BCUT2D eigenvalue weighted by atomic mass is 15.3. The lowest BCUT2D eigenvalue weighted by molar-refractivity contribution is 0.482. The Bertz CT molecular complexity index is 252. The maximum Gasteiger partial charge on any atom is 0.0537 e. The molecule has 0 aromatic carbocycles. The summed E-state index contributed by atoms with van der Waals surface area (Å²) in [4.78, 5) is 0. The first-order valence-corrected chi connectivity index (χ1v) is 4.91. The first kappa shape index (κ1) is 10.3. The Balaban J connectivity index is 2.63. The highest BCUT2D eigenvalue weighted by molar-refractivity contribution is 5.09. The third kappa shape index (κ3) is 2.84. The molecular weight excluding hydrogens is 162 g/mol. The molecule has 0 saturated heterocycles. The van der Waals surface area contributed by atoms with E-state index in [1.165, 1.54) is 0 Å². The number of hydrogen-bond acceptors (Lipinski definition) is 2. The van der Waals surface area contributed by atoms with Gasteiger partial charge in [-0.1, -0.05) is 20.8 Å². The third-order valence-electron chi connectivity index (χ3n) is 2.07. The minimum atomic E-state index is 0.140. The minimum Gasteiger partial charge on any atom is -0.324 e. The second-order valence-corrected chi connectivity index (χ2v) is 3.90. The number of rotatable bonds is 4. The lowest BCUT2D eigenvalue weighted by atomic mass is 10.1. The Morgan fingerprint density at radius 1 is 1.54 bits per heavy atom. The molecule has 0 spiro atoms. The van der Waals surface area contributed by atoms with Crippen LogP contribution in [0.4, 0.5) is 0 Å². The van der Waals surface area contributed by atoms with E-state index < -0.39 is 0 Å². The van der Waals surface area contributed by atoms with Crippen LogP contribution in [0.15, 0.2) is 12.4 Å². The molecule has 2 N–H and O–H groups in total. The van der Waals surface area contributed by atoms with E-state index in [-0.39, 0.29) is 6.04 Å². The molecule has 13 heavy (non-hydrogen) atoms. The zero-order chi connectivity index (χ0) is 9.84. The van der Waals surface area contributed by atoms with Crippen molar-refractivity contribution in [2.45, 2.75) is 39.8 Å². The lowest BCUT2D eigenvalue weighted by Crippen LogP contribution is -2.08. The van der Waals surface area contributed by atoms with Crippen LogP contribution in [0.1, 0.15) is 38.8 Å². The molecule has 0 radical (unpaired) electrons. The van der Waals surface area contributed by atoms with Gasteiger partial charge in [0, 0.05) is 24.3 Å². The van der Waals surface area contributed by atoms with Crippen molar-refractivity contribution in [1.82, 2.24) is 9.78 Å². The topological polar surface area (TPSA) is 43.8 Å². The molecule has 1 heterocycles. The molecule has 1 aromatic rings. The molecule has 0 fully saturated rings. The highest BCUT2D eigenvalue weighted by Gasteiger charge is 2.06. The first-order chi connectivity index (χ1) is 6.13. The fraction of sp³-hybridized carbons (Fsp3) is 0.700. The summed E-state index contributed by atoms with van der Waals surface area (Å²) in [5, 5.41) is 4.26. The van der Waals surface area contributed by atoms with E-state index in [2.05, 4.69) is 25.9 Å². The summed E-state index contributed by atoms with van der Waals surface area (Å²) in [5.41, 5.74) is 7.03. The van der Waals surface area contributed by atoms with E-state index in [4.69, 9.17) is 5.73 Å². The van der Waals surface area contributed by atoms with Crippen LogP contribution in [0.2, 0.25) is 0 Å². The van der Waals surface area contributed by atoms with Gasteiger partial charge in [0.2, 0.25) is 0 Å². The summed E-state index contributed by atoms with van der Waals surface area (Å²) in [7, 11) is 0. The van der Waals surface area contributed by atoms with Gasteiger partial charge in [-0.3, -0.25) is 4.68 Å². The van der Waals surface area contributed by atoms with E-state index >= 15 is 0 Å². The third-order valence-corrected chi connectivity index (χ3v) is 2.07. The van der Waals surface area contributed by atoms with Crippen LogP contribution in [0, 0.1) is 5.92 Å². The predicted molar refractivity (Wildman–Crippen MR) is 54.3 cm³/mol. The molecule has 0 aliphatic carbocycles. The van der Waals surface area contributed by atoms with Gasteiger partial charge < -0.3 is 5.73 Å². The average Bonchev–Trinajstić information content (AvgIpc) is 2.50. The monoisotopic (exact) mass is 181 g/mol. The molecule has 0 aliphatic rings. The van der Waals surface area contributed by atoms with E-state index in [1.807, 2.05) is 17.1 Å². The second kappa shape index (κ2) is 4.42. The molecule has 74 valence electrons. The fourth-order valence-electron chi connectivity index (χ4n) is 1.28. The first-order valence-electron chi connectivity index (χ1n) is 4.91. The van der Waals surface area contributed by atoms with Crippen molar-refractivity contribution in [3.05, 3.63) is 18.0 Å². The molecule has 0 amide bonds. The summed E-state index contributed by atoms with van der Waals surface area (Å²) >= 11 is 0. The largest absolute Gasteiger partial charge is 0.324 e. The predicted octanol–water partition coefficient (Wildman–Crippen LogP) is 1.95. The van der Waals surface area contributed by atoms with Crippen LogP contribution in [-0.2, 0) is 6.54 Å². The number of nitrogens with zero attached hydrogens (tertiary/aromatic N) is 2. The van der Waals surface area contributed by atoms with Gasteiger partial charge >= 0.3 is 0 Å². The summed E-state index contributed by atoms with van der Waals surface area (Å²) < 4.78 is 1.97. The van der Waals surface area contributed by atoms with Crippen molar-refractivity contribution in [1.29, 1.82) is 0 Å². The molecule has 3 nitrogen and oxygen atoms in total. The van der Waals surface area contributed by atoms with Crippen LogP contribution in [0.3, 0.4) is 0 Å². The Morgan fingerprint density at radius 3 is 2.77 bits per heavy atom. The molecule has 0 aliphatic heterocycles. The van der Waals surface area contributed by atoms with E-state index in [0.717, 1.165) is 18.5 Å². The minimum absolute atomic E-state index is 0.140. The maximum absolute atomic E-state index is 5.89. The van der Waals surface area contributed by atoms with Crippen molar-refractivity contribution in [2.24, 2.45) is 11.7 Å². The van der Waals surface area contributed by atoms with Gasteiger partial charge in [0.25, 0.3) is 0 Å². The number of nitrogens with two attached hydrogens (primary N) is 1. The molecule has 1 unspecified atom stereocenters. The van der Waals surface area contributed by atoms with Crippen LogP contribution in [0.25, 0.3) is 0 Å². The Morgan fingerprint density at radius 2 is 2.23 bits per heavy atom. The van der Waals surface area contributed by atoms with Gasteiger partial charge in [-0.25, -0.2) is 0 Å². The lowest BCUT2D eigenvalue weighted by Gasteiger charge is -2.05. The van der Waals surface area contributed by atoms with Crippen molar-refractivity contribution in [3.8, 4) is 0 Å². The van der Waals surface area contributed by atoms with Gasteiger partial charge in [0.1, 0.15) is 0 Å². The Hall–Kier alpha value is -0.830. The molecule has 1 aromatic heterocycles. The van der Waals surface area contributed by atoms with Crippen molar-refractivity contribution < 1.29 is 0 Å². The molecule has 1 atom stereocenters. The second-order valence-electron chi connectivity index (χ2n) is 3.90. The summed E-state index contributed by atoms with van der Waals surface area (Å²) in [6.45, 7) is 7.42. The molecular formula is C10H19N3. The van der Waals surface area contributed by atoms with E-state index in [0.29, 0.717) is 5.92 Å². The molecule has 1 rings (SSSR count). The zero-order valence-electron chi connectivity index (χ0n) is 8.70. The van der Waals surface area contributed by atoms with Crippen LogP contribution in [0.5, 0.6) is 0 Å². The smallest absolute Gasteiger partial charge is 0.0537 e. The van der Waals surface area contributed by atoms with E-state index in [9.17, 15) is 0 Å². The molecule has 0 saturated carbocycles. The molecule has 0 bridgehead atoms. The number of hydrogen-bond donors (Lipinski definition) is 1. The Kier molecular flexibility index (Phi) is 3.48. The summed E-state index contributed by atoms with van der Waals surface area (Å²) in [6, 6.07) is 0.140. The average molecular weight is 181 g/mol. The van der Waals surface area contributed by atoms with Crippen LogP contribution in [-0.4, -0.2) is 9.78 Å². The SMILES string of the molecule is CCC(N)c1cnn(CC(C)C)c1. The quantitative estimate of drug-likeness (QED) is 0.771. The normalized spacial score (nSPS) is 13.6. The van der Waals surface area contributed by atoms with Crippen molar-refractivity contribution in [2.75, 3.05) is 0 Å². The summed E-state index contributed by atoms with van der Waals surface area (Å²) in [6.07, 6.45) is 4.89. The zero-order valence-corrected chi connectivity index (χ0v) is 8.70. The van der Waals surface area contributed by atoms with Gasteiger partial charge in [0.05, 0.1) is 6.20 Å². The number of aromatic nitrogens is 2. The highest BCUT2D eigenvalue weighted by Crippen LogP contribution is 2.12. The van der Waals surface area contributed by atoms with Crippen molar-refractivity contribution >= 4 is 0 Å². The van der Waals surface area contributed by atoms with Crippen LogP contribution < -0.4 is 5.73 Å². The van der Waals surface area contributed by atoms with Gasteiger partial charge in [-0.05, 0) is 12.3 Å². The van der Waals surface area contributed by atoms with Gasteiger partial charge in [-0.2, -0.15) is 5.10 Å². The van der Waals surface area contributed by atoms with Crippen LogP contribution >= 0.6 is 0 Å². The standard InChI is InChI=1S/C10H19N3/c1-4-10(11)9-5-12-13(7-9)6-8(2)3/h5,7-8,10H,4,6,11H2,1-3H3. The van der Waals surface area contributed by atoms with Crippen molar-refractivity contribution in [3.63, 3.8) is 0 Å². The van der Waals surface area contributed by atoms with Gasteiger partial charge in [0.15, 0.2) is 0 Å². The van der Waals surface area contributed by atoms with E-state index in [1.54, 1.807) is 0 Å². The van der Waals surface area contributed by atoms with Gasteiger partial charge in [-0.15, -0.1) is 0 Å². The Labute approximate surface area is 79.9 Å². The maximum atomic E-state index is 5.89. The summed E-state index contributed by atoms with van der Waals surface area (Å²) in [5.74, 6) is 0.630.